The molecule has 2 rings (SSSR count). The van der Waals surface area contributed by atoms with Gasteiger partial charge in [-0.2, -0.15) is 25.2 Å². The maximum Gasteiger partial charge on any atom is 0.524 e. The van der Waals surface area contributed by atoms with Gasteiger partial charge in [-0.15, -0.1) is 0 Å². The van der Waals surface area contributed by atoms with Gasteiger partial charge < -0.3 is 0 Å². The molecule has 0 aromatic heterocycles. The van der Waals surface area contributed by atoms with E-state index in [4.69, 9.17) is 0 Å². The first-order valence-electron chi connectivity index (χ1n) is 6.53. The van der Waals surface area contributed by atoms with Gasteiger partial charge in [0.05, 0.1) is 0 Å². The van der Waals surface area contributed by atoms with Crippen molar-refractivity contribution in [3.8, 4) is 0 Å². The normalized spacial score (nSPS) is 12.5. The Morgan fingerprint density at radius 2 is 1.35 bits per heavy atom. The summed E-state index contributed by atoms with van der Waals surface area (Å²) in [7, 11) is -5.59. The standard InChI is InChI=1S/C15H13F3O3S2/c16-15(17,18)23(19,20)21-22-11-14(12-7-3-1-4-8-12)13-9-5-2-6-10-13/h1-10,14H,11H2. The van der Waals surface area contributed by atoms with Crippen molar-refractivity contribution in [1.82, 2.24) is 0 Å². The Morgan fingerprint density at radius 3 is 1.74 bits per heavy atom. The minimum Gasteiger partial charge on any atom is -0.191 e. The summed E-state index contributed by atoms with van der Waals surface area (Å²) in [6, 6.07) is 18.2. The number of hydrogen-bond donors (Lipinski definition) is 0. The van der Waals surface area contributed by atoms with Crippen LogP contribution in [0.5, 0.6) is 0 Å². The molecule has 2 aromatic rings. The van der Waals surface area contributed by atoms with Crippen molar-refractivity contribution in [3.63, 3.8) is 0 Å². The lowest BCUT2D eigenvalue weighted by Crippen LogP contribution is -2.23. The number of benzene rings is 2. The van der Waals surface area contributed by atoms with Crippen LogP contribution in [-0.2, 0) is 13.7 Å². The van der Waals surface area contributed by atoms with Gasteiger partial charge >= 0.3 is 15.6 Å². The third-order valence-corrected chi connectivity index (χ3v) is 5.20. The molecule has 0 aliphatic heterocycles. The number of halogens is 3. The van der Waals surface area contributed by atoms with E-state index in [0.29, 0.717) is 0 Å². The Morgan fingerprint density at radius 1 is 0.913 bits per heavy atom. The maximum atomic E-state index is 12.3. The number of rotatable bonds is 6. The van der Waals surface area contributed by atoms with Crippen LogP contribution >= 0.6 is 12.0 Å². The van der Waals surface area contributed by atoms with Gasteiger partial charge in [0.1, 0.15) is 0 Å². The molecule has 0 spiro atoms. The monoisotopic (exact) mass is 362 g/mol. The SMILES string of the molecule is O=S(=O)(OSCC(c1ccccc1)c1ccccc1)C(F)(F)F. The van der Waals surface area contributed by atoms with Crippen molar-refractivity contribution in [2.24, 2.45) is 0 Å². The zero-order chi connectivity index (χ0) is 16.9. The first-order chi connectivity index (χ1) is 10.8. The molecule has 0 saturated carbocycles. The van der Waals surface area contributed by atoms with Crippen LogP contribution in [0.1, 0.15) is 17.0 Å². The smallest absolute Gasteiger partial charge is 0.191 e. The van der Waals surface area contributed by atoms with Crippen molar-refractivity contribution < 1.29 is 25.2 Å². The molecule has 23 heavy (non-hydrogen) atoms. The molecule has 2 aromatic carbocycles. The summed E-state index contributed by atoms with van der Waals surface area (Å²) in [6.07, 6.45) is 0. The fraction of sp³-hybridized carbons (Fsp3) is 0.200. The Bertz CT molecular complexity index is 677. The average molecular weight is 362 g/mol. The summed E-state index contributed by atoms with van der Waals surface area (Å²) in [5.74, 6) is -0.255. The summed E-state index contributed by atoms with van der Waals surface area (Å²) in [4.78, 5) is 0. The lowest BCUT2D eigenvalue weighted by molar-refractivity contribution is -0.0494. The second-order valence-electron chi connectivity index (χ2n) is 4.63. The van der Waals surface area contributed by atoms with Gasteiger partial charge in [-0.3, -0.25) is 0 Å². The minimum atomic E-state index is -5.59. The molecule has 0 aliphatic carbocycles. The van der Waals surface area contributed by atoms with Crippen LogP contribution in [0.3, 0.4) is 0 Å². The van der Waals surface area contributed by atoms with Gasteiger partial charge in [-0.05, 0) is 11.1 Å². The largest absolute Gasteiger partial charge is 0.524 e. The number of hydrogen-bond acceptors (Lipinski definition) is 4. The predicted octanol–water partition coefficient (Wildman–Crippen LogP) is 4.33. The summed E-state index contributed by atoms with van der Waals surface area (Å²) in [5, 5.41) is 0. The molecule has 0 radical (unpaired) electrons. The van der Waals surface area contributed by atoms with E-state index >= 15 is 0 Å². The Hall–Kier alpha value is -1.51. The molecular weight excluding hydrogens is 349 g/mol. The Balaban J connectivity index is 2.14. The fourth-order valence-corrected chi connectivity index (χ4v) is 3.51. The topological polar surface area (TPSA) is 43.4 Å². The van der Waals surface area contributed by atoms with E-state index in [1.54, 1.807) is 0 Å². The van der Waals surface area contributed by atoms with Crippen molar-refractivity contribution in [3.05, 3.63) is 71.8 Å². The summed E-state index contributed by atoms with van der Waals surface area (Å²) in [6.45, 7) is 0. The molecule has 0 amide bonds. The van der Waals surface area contributed by atoms with Crippen LogP contribution in [0.2, 0.25) is 0 Å². The Labute approximate surface area is 136 Å². The molecule has 8 heteroatoms. The zero-order valence-corrected chi connectivity index (χ0v) is 13.4. The van der Waals surface area contributed by atoms with Gasteiger partial charge in [0.25, 0.3) is 0 Å². The van der Waals surface area contributed by atoms with Gasteiger partial charge in [-0.25, -0.2) is 0 Å². The minimum absolute atomic E-state index is 0.0311. The lowest BCUT2D eigenvalue weighted by atomic mass is 9.93. The molecular formula is C15H13F3O3S2. The van der Waals surface area contributed by atoms with Crippen molar-refractivity contribution in [1.29, 1.82) is 0 Å². The molecule has 0 N–H and O–H groups in total. The van der Waals surface area contributed by atoms with E-state index in [1.807, 2.05) is 60.7 Å². The molecule has 3 nitrogen and oxygen atoms in total. The molecule has 0 fully saturated rings. The second-order valence-corrected chi connectivity index (χ2v) is 7.11. The van der Waals surface area contributed by atoms with Crippen molar-refractivity contribution >= 4 is 22.2 Å². The first-order valence-corrected chi connectivity index (χ1v) is 8.85. The molecule has 0 aliphatic rings. The fourth-order valence-electron chi connectivity index (χ4n) is 1.95. The van der Waals surface area contributed by atoms with E-state index in [9.17, 15) is 21.6 Å². The molecule has 0 bridgehead atoms. The van der Waals surface area contributed by atoms with E-state index in [1.165, 1.54) is 0 Å². The highest BCUT2D eigenvalue weighted by atomic mass is 32.3. The molecule has 0 atom stereocenters. The second kappa shape index (κ2) is 7.37. The van der Waals surface area contributed by atoms with Gasteiger partial charge in [0.2, 0.25) is 0 Å². The van der Waals surface area contributed by atoms with Crippen LogP contribution in [0.15, 0.2) is 60.7 Å². The molecule has 0 heterocycles. The summed E-state index contributed by atoms with van der Waals surface area (Å²) >= 11 is 0.277. The van der Waals surface area contributed by atoms with Gasteiger partial charge in [0.15, 0.2) is 0 Å². The van der Waals surface area contributed by atoms with Crippen LogP contribution in [0.4, 0.5) is 13.2 Å². The third kappa shape index (κ3) is 4.73. The quantitative estimate of drug-likeness (QED) is 0.567. The van der Waals surface area contributed by atoms with Crippen LogP contribution in [0, 0.1) is 0 Å². The van der Waals surface area contributed by atoms with Crippen LogP contribution < -0.4 is 0 Å². The van der Waals surface area contributed by atoms with E-state index in [-0.39, 0.29) is 23.7 Å². The Kier molecular flexibility index (Phi) is 5.72. The average Bonchev–Trinajstić information content (AvgIpc) is 2.52. The highest BCUT2D eigenvalue weighted by molar-refractivity contribution is 8.04. The predicted molar refractivity (Wildman–Crippen MR) is 83.2 cm³/mol. The van der Waals surface area contributed by atoms with E-state index in [2.05, 4.69) is 3.63 Å². The number of alkyl halides is 3. The van der Waals surface area contributed by atoms with Crippen LogP contribution in [-0.4, -0.2) is 19.7 Å². The maximum absolute atomic E-state index is 12.3. The van der Waals surface area contributed by atoms with Gasteiger partial charge in [0, 0.05) is 23.7 Å². The van der Waals surface area contributed by atoms with Gasteiger partial charge in [-0.1, -0.05) is 60.7 Å². The first kappa shape index (κ1) is 17.8. The van der Waals surface area contributed by atoms with Crippen LogP contribution in [0.25, 0.3) is 0 Å². The van der Waals surface area contributed by atoms with Crippen molar-refractivity contribution in [2.45, 2.75) is 11.4 Å². The lowest BCUT2D eigenvalue weighted by Gasteiger charge is -2.17. The molecule has 124 valence electrons. The summed E-state index contributed by atoms with van der Waals surface area (Å²) < 4.78 is 62.7. The highest BCUT2D eigenvalue weighted by Gasteiger charge is 2.47. The highest BCUT2D eigenvalue weighted by Crippen LogP contribution is 2.32. The van der Waals surface area contributed by atoms with E-state index in [0.717, 1.165) is 11.1 Å². The summed E-state index contributed by atoms with van der Waals surface area (Å²) in [5.41, 5.74) is -3.70. The third-order valence-electron chi connectivity index (χ3n) is 3.06. The molecule has 0 unspecified atom stereocenters. The van der Waals surface area contributed by atoms with Crippen molar-refractivity contribution in [2.75, 3.05) is 5.75 Å². The molecule has 0 saturated heterocycles. The van der Waals surface area contributed by atoms with E-state index < -0.39 is 15.6 Å². The zero-order valence-electron chi connectivity index (χ0n) is 11.7.